The van der Waals surface area contributed by atoms with Crippen LogP contribution in [0.15, 0.2) is 6.20 Å². The number of hydrogen-bond acceptors (Lipinski definition) is 5. The molecule has 104 valence electrons. The molecule has 1 aromatic heterocycles. The molecule has 1 aromatic rings. The number of rotatable bonds is 4. The molecule has 0 saturated carbocycles. The van der Waals surface area contributed by atoms with Crippen LogP contribution in [0.25, 0.3) is 0 Å². The van der Waals surface area contributed by atoms with Gasteiger partial charge in [-0.05, 0) is 6.92 Å². The zero-order valence-corrected chi connectivity index (χ0v) is 11.9. The van der Waals surface area contributed by atoms with Gasteiger partial charge in [-0.15, -0.1) is 11.3 Å². The highest BCUT2D eigenvalue weighted by Crippen LogP contribution is 2.22. The molecule has 19 heavy (non-hydrogen) atoms. The van der Waals surface area contributed by atoms with Crippen LogP contribution in [0.2, 0.25) is 0 Å². The van der Waals surface area contributed by atoms with Crippen LogP contribution in [0.3, 0.4) is 0 Å². The number of urea groups is 1. The van der Waals surface area contributed by atoms with Crippen molar-refractivity contribution in [3.05, 3.63) is 11.1 Å². The maximum Gasteiger partial charge on any atom is 0.317 e. The first-order valence-corrected chi connectivity index (χ1v) is 7.53. The third-order valence-corrected chi connectivity index (χ3v) is 4.52. The fourth-order valence-corrected chi connectivity index (χ4v) is 3.57. The molecule has 3 heterocycles. The van der Waals surface area contributed by atoms with Gasteiger partial charge in [0.25, 0.3) is 0 Å². The van der Waals surface area contributed by atoms with Crippen LogP contribution in [0.4, 0.5) is 9.93 Å². The van der Waals surface area contributed by atoms with Crippen molar-refractivity contribution >= 4 is 22.5 Å². The number of carbonyl (C=O) groups excluding carboxylic acids is 1. The smallest absolute Gasteiger partial charge is 0.317 e. The van der Waals surface area contributed by atoms with Gasteiger partial charge in [-0.3, -0.25) is 4.90 Å². The summed E-state index contributed by atoms with van der Waals surface area (Å²) >= 11 is 1.72. The van der Waals surface area contributed by atoms with Gasteiger partial charge in [0, 0.05) is 50.3 Å². The lowest BCUT2D eigenvalue weighted by Gasteiger charge is -2.36. The number of piperazine rings is 1. The Morgan fingerprint density at radius 3 is 3.32 bits per heavy atom. The van der Waals surface area contributed by atoms with E-state index in [0.717, 1.165) is 44.4 Å². The first kappa shape index (κ1) is 12.7. The molecule has 1 atom stereocenters. The maximum atomic E-state index is 11.5. The zero-order chi connectivity index (χ0) is 13.2. The monoisotopic (exact) mass is 281 g/mol. The molecule has 2 N–H and O–H groups in total. The molecule has 2 fully saturated rings. The van der Waals surface area contributed by atoms with Crippen LogP contribution in [0.1, 0.15) is 11.8 Å². The summed E-state index contributed by atoms with van der Waals surface area (Å²) in [6.45, 7) is 7.41. The van der Waals surface area contributed by atoms with Crippen LogP contribution < -0.4 is 10.6 Å². The number of anilines is 1. The van der Waals surface area contributed by atoms with E-state index >= 15 is 0 Å². The van der Waals surface area contributed by atoms with E-state index in [4.69, 9.17) is 0 Å². The first-order valence-electron chi connectivity index (χ1n) is 6.71. The Morgan fingerprint density at radius 1 is 1.58 bits per heavy atom. The lowest BCUT2D eigenvalue weighted by molar-refractivity contribution is 0.117. The summed E-state index contributed by atoms with van der Waals surface area (Å²) in [4.78, 5) is 21.5. The van der Waals surface area contributed by atoms with Gasteiger partial charge >= 0.3 is 6.03 Å². The summed E-state index contributed by atoms with van der Waals surface area (Å²) in [5.74, 6) is 0. The van der Waals surface area contributed by atoms with Crippen molar-refractivity contribution in [1.82, 2.24) is 20.1 Å². The summed E-state index contributed by atoms with van der Waals surface area (Å²) in [6.07, 6.45) is 1.95. The molecule has 3 rings (SSSR count). The Hall–Kier alpha value is -1.34. The van der Waals surface area contributed by atoms with Crippen molar-refractivity contribution in [1.29, 1.82) is 0 Å². The molecule has 0 spiro atoms. The number of fused-ring (bicyclic) bond motifs is 1. The minimum absolute atomic E-state index is 0.0943. The molecule has 0 bridgehead atoms. The second kappa shape index (κ2) is 5.34. The van der Waals surface area contributed by atoms with Crippen LogP contribution >= 0.6 is 11.3 Å². The standard InChI is InChI=1S/C12H19N5OS/c1-2-13-11-14-6-10(19-11)8-16-3-4-17-9(7-16)5-15-12(17)18/h6,9H,2-5,7-8H2,1H3,(H,13,14)(H,15,18). The van der Waals surface area contributed by atoms with Gasteiger partial charge in [-0.25, -0.2) is 9.78 Å². The molecule has 6 nitrogen and oxygen atoms in total. The molecular formula is C12H19N5OS. The van der Waals surface area contributed by atoms with Gasteiger partial charge in [0.2, 0.25) is 0 Å². The minimum Gasteiger partial charge on any atom is -0.362 e. The Bertz CT molecular complexity index is 463. The third kappa shape index (κ3) is 2.66. The van der Waals surface area contributed by atoms with E-state index < -0.39 is 0 Å². The highest BCUT2D eigenvalue weighted by Gasteiger charge is 2.35. The van der Waals surface area contributed by atoms with Crippen molar-refractivity contribution in [2.75, 3.05) is 38.0 Å². The minimum atomic E-state index is 0.0943. The number of nitrogens with zero attached hydrogens (tertiary/aromatic N) is 3. The van der Waals surface area contributed by atoms with Gasteiger partial charge in [0.15, 0.2) is 5.13 Å². The first-order chi connectivity index (χ1) is 9.26. The van der Waals surface area contributed by atoms with Crippen LogP contribution in [-0.2, 0) is 6.54 Å². The van der Waals surface area contributed by atoms with Gasteiger partial charge in [0.05, 0.1) is 6.04 Å². The summed E-state index contributed by atoms with van der Waals surface area (Å²) < 4.78 is 0. The molecule has 2 aliphatic rings. The summed E-state index contributed by atoms with van der Waals surface area (Å²) in [5.41, 5.74) is 0. The third-order valence-electron chi connectivity index (χ3n) is 3.58. The fourth-order valence-electron chi connectivity index (χ4n) is 2.65. The molecule has 7 heteroatoms. The maximum absolute atomic E-state index is 11.5. The Kier molecular flexibility index (Phi) is 3.56. The number of nitrogens with one attached hydrogen (secondary N) is 2. The highest BCUT2D eigenvalue weighted by molar-refractivity contribution is 7.15. The molecule has 0 aliphatic carbocycles. The average molecular weight is 281 g/mol. The predicted molar refractivity (Wildman–Crippen MR) is 75.4 cm³/mol. The second-order valence-electron chi connectivity index (χ2n) is 4.93. The van der Waals surface area contributed by atoms with Crippen LogP contribution in [0, 0.1) is 0 Å². The van der Waals surface area contributed by atoms with Crippen molar-refractivity contribution in [3.63, 3.8) is 0 Å². The second-order valence-corrected chi connectivity index (χ2v) is 6.05. The molecule has 2 amide bonds. The van der Waals surface area contributed by atoms with E-state index in [9.17, 15) is 4.79 Å². The van der Waals surface area contributed by atoms with Gasteiger partial charge in [-0.2, -0.15) is 0 Å². The van der Waals surface area contributed by atoms with Crippen molar-refractivity contribution in [3.8, 4) is 0 Å². The van der Waals surface area contributed by atoms with E-state index in [1.807, 2.05) is 11.1 Å². The van der Waals surface area contributed by atoms with Crippen molar-refractivity contribution in [2.45, 2.75) is 19.5 Å². The molecule has 2 saturated heterocycles. The topological polar surface area (TPSA) is 60.5 Å². The number of hydrogen-bond donors (Lipinski definition) is 2. The summed E-state index contributed by atoms with van der Waals surface area (Å²) in [5, 5.41) is 7.14. The number of carbonyl (C=O) groups is 1. The summed E-state index contributed by atoms with van der Waals surface area (Å²) in [7, 11) is 0. The average Bonchev–Trinajstić information content (AvgIpc) is 2.98. The summed E-state index contributed by atoms with van der Waals surface area (Å²) in [6, 6.07) is 0.430. The van der Waals surface area contributed by atoms with Crippen LogP contribution in [0.5, 0.6) is 0 Å². The Morgan fingerprint density at radius 2 is 2.47 bits per heavy atom. The number of amides is 2. The van der Waals surface area contributed by atoms with Crippen molar-refractivity contribution < 1.29 is 4.79 Å². The molecule has 1 unspecified atom stereocenters. The molecular weight excluding hydrogens is 262 g/mol. The largest absolute Gasteiger partial charge is 0.362 e. The highest BCUT2D eigenvalue weighted by atomic mass is 32.1. The molecule has 0 radical (unpaired) electrons. The van der Waals surface area contributed by atoms with Gasteiger partial charge in [0.1, 0.15) is 0 Å². The van der Waals surface area contributed by atoms with E-state index in [1.54, 1.807) is 11.3 Å². The quantitative estimate of drug-likeness (QED) is 0.856. The van der Waals surface area contributed by atoms with Gasteiger partial charge < -0.3 is 15.5 Å². The lowest BCUT2D eigenvalue weighted by atomic mass is 10.2. The zero-order valence-electron chi connectivity index (χ0n) is 11.1. The van der Waals surface area contributed by atoms with Crippen LogP contribution in [-0.4, -0.2) is 59.6 Å². The predicted octanol–water partition coefficient (Wildman–Crippen LogP) is 0.784. The SMILES string of the molecule is CCNc1ncc(CN2CCN3C(=O)NCC3C2)s1. The molecule has 0 aromatic carbocycles. The number of aromatic nitrogens is 1. The normalized spacial score (nSPS) is 23.3. The Labute approximate surface area is 116 Å². The Balaban J connectivity index is 1.57. The van der Waals surface area contributed by atoms with E-state index in [-0.39, 0.29) is 6.03 Å². The molecule has 2 aliphatic heterocycles. The van der Waals surface area contributed by atoms with E-state index in [2.05, 4.69) is 27.4 Å². The van der Waals surface area contributed by atoms with E-state index in [1.165, 1.54) is 4.88 Å². The fraction of sp³-hybridized carbons (Fsp3) is 0.667. The van der Waals surface area contributed by atoms with E-state index in [0.29, 0.717) is 6.04 Å². The number of thiazole rings is 1. The van der Waals surface area contributed by atoms with Crippen molar-refractivity contribution in [2.24, 2.45) is 0 Å². The van der Waals surface area contributed by atoms with Gasteiger partial charge in [-0.1, -0.05) is 0 Å². The lowest BCUT2D eigenvalue weighted by Crippen LogP contribution is -2.51.